The van der Waals surface area contributed by atoms with Crippen LogP contribution in [-0.2, 0) is 0 Å². The molecule has 4 nitrogen and oxygen atoms in total. The first kappa shape index (κ1) is 17.1. The van der Waals surface area contributed by atoms with Crippen molar-refractivity contribution in [1.29, 1.82) is 0 Å². The summed E-state index contributed by atoms with van der Waals surface area (Å²) in [5.41, 5.74) is 2.23. The summed E-state index contributed by atoms with van der Waals surface area (Å²) in [5.74, 6) is 0.878. The first-order valence-electron chi connectivity index (χ1n) is 9.65. The lowest BCUT2D eigenvalue weighted by molar-refractivity contribution is 0.577. The molecule has 4 rings (SSSR count). The third-order valence-corrected chi connectivity index (χ3v) is 5.70. The van der Waals surface area contributed by atoms with Gasteiger partial charge >= 0.3 is 0 Å². The van der Waals surface area contributed by atoms with Crippen molar-refractivity contribution in [3.05, 3.63) is 48.4 Å². The predicted octanol–water partition coefficient (Wildman–Crippen LogP) is 3.93. The zero-order valence-electron chi connectivity index (χ0n) is 15.4. The Morgan fingerprint density at radius 1 is 1.04 bits per heavy atom. The maximum absolute atomic E-state index is 13.5. The van der Waals surface area contributed by atoms with E-state index >= 15 is 0 Å². The Labute approximate surface area is 155 Å². The van der Waals surface area contributed by atoms with Crippen molar-refractivity contribution in [2.24, 2.45) is 0 Å². The standard InChI is InChI=1S/C21H27FN4/c1-24(18-7-5-6-17(22)14-18)20-9-13-26(16-20)21-15-19(8-10-23-21)25-11-3-2-4-12-25/h5-8,10,14-15,20H,2-4,9,11-13,16H2,1H3. The van der Waals surface area contributed by atoms with Crippen molar-refractivity contribution in [1.82, 2.24) is 4.98 Å². The summed E-state index contributed by atoms with van der Waals surface area (Å²) in [6.45, 7) is 4.20. The highest BCUT2D eigenvalue weighted by Gasteiger charge is 2.27. The second-order valence-corrected chi connectivity index (χ2v) is 7.40. The van der Waals surface area contributed by atoms with Crippen LogP contribution >= 0.6 is 0 Å². The number of rotatable bonds is 4. The zero-order chi connectivity index (χ0) is 17.9. The number of halogens is 1. The van der Waals surface area contributed by atoms with Crippen molar-refractivity contribution in [3.63, 3.8) is 0 Å². The van der Waals surface area contributed by atoms with Gasteiger partial charge in [0.25, 0.3) is 0 Å². The van der Waals surface area contributed by atoms with E-state index in [0.29, 0.717) is 6.04 Å². The predicted molar refractivity (Wildman–Crippen MR) is 106 cm³/mol. The molecule has 0 amide bonds. The molecule has 26 heavy (non-hydrogen) atoms. The van der Waals surface area contributed by atoms with Crippen LogP contribution in [0.25, 0.3) is 0 Å². The summed E-state index contributed by atoms with van der Waals surface area (Å²) in [7, 11) is 2.06. The Bertz CT molecular complexity index is 744. The van der Waals surface area contributed by atoms with Gasteiger partial charge < -0.3 is 14.7 Å². The molecular formula is C21H27FN4. The summed E-state index contributed by atoms with van der Waals surface area (Å²) < 4.78 is 13.5. The van der Waals surface area contributed by atoms with Gasteiger partial charge in [-0.15, -0.1) is 0 Å². The molecule has 1 unspecified atom stereocenters. The van der Waals surface area contributed by atoms with Crippen molar-refractivity contribution >= 4 is 17.2 Å². The van der Waals surface area contributed by atoms with Crippen LogP contribution in [0.2, 0.25) is 0 Å². The number of nitrogens with zero attached hydrogens (tertiary/aromatic N) is 4. The van der Waals surface area contributed by atoms with Crippen LogP contribution in [0.3, 0.4) is 0 Å². The summed E-state index contributed by atoms with van der Waals surface area (Å²) in [6.07, 6.45) is 6.89. The third-order valence-electron chi connectivity index (χ3n) is 5.70. The number of likely N-dealkylation sites (N-methyl/N-ethyl adjacent to an activating group) is 1. The van der Waals surface area contributed by atoms with Gasteiger partial charge in [0.2, 0.25) is 0 Å². The van der Waals surface area contributed by atoms with E-state index in [1.165, 1.54) is 31.0 Å². The average Bonchev–Trinajstić information content (AvgIpc) is 3.18. The number of aromatic nitrogens is 1. The SMILES string of the molecule is CN(c1cccc(F)c1)C1CCN(c2cc(N3CCCCC3)ccn2)C1. The molecule has 2 saturated heterocycles. The lowest BCUT2D eigenvalue weighted by atomic mass is 10.1. The maximum Gasteiger partial charge on any atom is 0.130 e. The van der Waals surface area contributed by atoms with Gasteiger partial charge in [0.05, 0.1) is 0 Å². The molecular weight excluding hydrogens is 327 g/mol. The fourth-order valence-corrected chi connectivity index (χ4v) is 4.10. The van der Waals surface area contributed by atoms with E-state index in [-0.39, 0.29) is 5.82 Å². The molecule has 5 heteroatoms. The summed E-state index contributed by atoms with van der Waals surface area (Å²) in [4.78, 5) is 11.6. The largest absolute Gasteiger partial charge is 0.371 e. The Morgan fingerprint density at radius 3 is 2.69 bits per heavy atom. The highest BCUT2D eigenvalue weighted by molar-refractivity contribution is 5.56. The lowest BCUT2D eigenvalue weighted by Crippen LogP contribution is -2.35. The normalized spacial score (nSPS) is 20.5. The van der Waals surface area contributed by atoms with E-state index in [0.717, 1.165) is 44.1 Å². The molecule has 1 aromatic carbocycles. The van der Waals surface area contributed by atoms with Crippen LogP contribution in [0.15, 0.2) is 42.6 Å². The molecule has 2 fully saturated rings. The van der Waals surface area contributed by atoms with E-state index in [2.05, 4.69) is 38.9 Å². The molecule has 1 aromatic heterocycles. The van der Waals surface area contributed by atoms with E-state index in [1.54, 1.807) is 12.1 Å². The van der Waals surface area contributed by atoms with Gasteiger partial charge in [-0.05, 0) is 49.9 Å². The molecule has 0 bridgehead atoms. The van der Waals surface area contributed by atoms with Crippen LogP contribution in [0.4, 0.5) is 21.6 Å². The van der Waals surface area contributed by atoms with Gasteiger partial charge in [-0.2, -0.15) is 0 Å². The van der Waals surface area contributed by atoms with Gasteiger partial charge in [-0.3, -0.25) is 0 Å². The molecule has 0 radical (unpaired) electrons. The highest BCUT2D eigenvalue weighted by atomic mass is 19.1. The van der Waals surface area contributed by atoms with E-state index in [4.69, 9.17) is 0 Å². The maximum atomic E-state index is 13.5. The molecule has 2 aliphatic heterocycles. The van der Waals surface area contributed by atoms with E-state index < -0.39 is 0 Å². The van der Waals surface area contributed by atoms with Gasteiger partial charge in [0.1, 0.15) is 11.6 Å². The Balaban J connectivity index is 1.45. The monoisotopic (exact) mass is 354 g/mol. The smallest absolute Gasteiger partial charge is 0.130 e. The molecule has 2 aliphatic rings. The van der Waals surface area contributed by atoms with Crippen molar-refractivity contribution in [2.75, 3.05) is 47.9 Å². The summed E-state index contributed by atoms with van der Waals surface area (Å²) >= 11 is 0. The number of hydrogen-bond acceptors (Lipinski definition) is 4. The first-order chi connectivity index (χ1) is 12.7. The van der Waals surface area contributed by atoms with Crippen LogP contribution in [0, 0.1) is 5.82 Å². The zero-order valence-corrected chi connectivity index (χ0v) is 15.4. The molecule has 3 heterocycles. The van der Waals surface area contributed by atoms with Crippen molar-refractivity contribution in [2.45, 2.75) is 31.7 Å². The lowest BCUT2D eigenvalue weighted by Gasteiger charge is -2.30. The molecule has 138 valence electrons. The van der Waals surface area contributed by atoms with Gasteiger partial charge in [0.15, 0.2) is 0 Å². The number of benzene rings is 1. The van der Waals surface area contributed by atoms with E-state index in [1.807, 2.05) is 12.3 Å². The highest BCUT2D eigenvalue weighted by Crippen LogP contribution is 2.28. The van der Waals surface area contributed by atoms with Crippen molar-refractivity contribution in [3.8, 4) is 0 Å². The molecule has 1 atom stereocenters. The first-order valence-corrected chi connectivity index (χ1v) is 9.65. The van der Waals surface area contributed by atoms with Gasteiger partial charge in [-0.25, -0.2) is 9.37 Å². The minimum absolute atomic E-state index is 0.180. The fraction of sp³-hybridized carbons (Fsp3) is 0.476. The summed E-state index contributed by atoms with van der Waals surface area (Å²) in [6, 6.07) is 11.6. The van der Waals surface area contributed by atoms with Crippen LogP contribution in [0.1, 0.15) is 25.7 Å². The van der Waals surface area contributed by atoms with Crippen molar-refractivity contribution < 1.29 is 4.39 Å². The average molecular weight is 354 g/mol. The fourth-order valence-electron chi connectivity index (χ4n) is 4.10. The Kier molecular flexibility index (Phi) is 4.96. The van der Waals surface area contributed by atoms with Gasteiger partial charge in [-0.1, -0.05) is 6.07 Å². The molecule has 2 aromatic rings. The minimum Gasteiger partial charge on any atom is -0.371 e. The molecule has 0 N–H and O–H groups in total. The number of piperidine rings is 1. The summed E-state index contributed by atoms with van der Waals surface area (Å²) in [5, 5.41) is 0. The molecule has 0 saturated carbocycles. The second-order valence-electron chi connectivity index (χ2n) is 7.40. The molecule has 0 spiro atoms. The quantitative estimate of drug-likeness (QED) is 0.830. The minimum atomic E-state index is -0.180. The topological polar surface area (TPSA) is 22.6 Å². The second kappa shape index (κ2) is 7.52. The van der Waals surface area contributed by atoms with Crippen LogP contribution < -0.4 is 14.7 Å². The Morgan fingerprint density at radius 2 is 1.88 bits per heavy atom. The van der Waals surface area contributed by atoms with Crippen LogP contribution in [-0.4, -0.2) is 44.3 Å². The third kappa shape index (κ3) is 3.62. The van der Waals surface area contributed by atoms with Crippen LogP contribution in [0.5, 0.6) is 0 Å². The molecule has 0 aliphatic carbocycles. The van der Waals surface area contributed by atoms with E-state index in [9.17, 15) is 4.39 Å². The Hall–Kier alpha value is -2.30. The van der Waals surface area contributed by atoms with Gasteiger partial charge in [0, 0.05) is 62.9 Å². The number of anilines is 3. The number of hydrogen-bond donors (Lipinski definition) is 0. The number of pyridine rings is 1.